The molecule has 116 valence electrons. The average Bonchev–Trinajstić information content (AvgIpc) is 2.53. The summed E-state index contributed by atoms with van der Waals surface area (Å²) in [7, 11) is -0.496. The van der Waals surface area contributed by atoms with Gasteiger partial charge in [0.15, 0.2) is 0 Å². The van der Waals surface area contributed by atoms with E-state index in [9.17, 15) is 8.42 Å². The van der Waals surface area contributed by atoms with Gasteiger partial charge in [-0.1, -0.05) is 35.9 Å². The van der Waals surface area contributed by atoms with Crippen LogP contribution in [0.5, 0.6) is 0 Å². The zero-order valence-electron chi connectivity index (χ0n) is 12.8. The minimum atomic E-state index is -3.72. The number of hydrazine groups is 1. The van der Waals surface area contributed by atoms with Crippen LogP contribution in [0.15, 0.2) is 64.5 Å². The third-order valence-electron chi connectivity index (χ3n) is 3.20. The van der Waals surface area contributed by atoms with E-state index in [4.69, 9.17) is 0 Å². The van der Waals surface area contributed by atoms with Crippen LogP contribution in [0.3, 0.4) is 0 Å². The molecule has 0 aliphatic heterocycles. The van der Waals surface area contributed by atoms with Crippen LogP contribution in [-0.4, -0.2) is 33.3 Å². The second-order valence-corrected chi connectivity index (χ2v) is 6.62. The Morgan fingerprint density at radius 1 is 1.00 bits per heavy atom. The van der Waals surface area contributed by atoms with Crippen LogP contribution >= 0.6 is 0 Å². The van der Waals surface area contributed by atoms with Gasteiger partial charge in [-0.2, -0.15) is 12.8 Å². The van der Waals surface area contributed by atoms with Crippen LogP contribution < -0.4 is 5.01 Å². The summed E-state index contributed by atoms with van der Waals surface area (Å²) in [5, 5.41) is 1.54. The number of anilines is 1. The number of hydrogen-bond acceptors (Lipinski definition) is 4. The molecular formula is C16H19N3O2S. The van der Waals surface area contributed by atoms with E-state index in [1.165, 1.54) is 13.4 Å². The van der Waals surface area contributed by atoms with Crippen molar-refractivity contribution < 1.29 is 8.42 Å². The van der Waals surface area contributed by atoms with E-state index in [1.807, 2.05) is 37.3 Å². The third kappa shape index (κ3) is 3.28. The lowest BCUT2D eigenvalue weighted by atomic mass is 10.2. The Morgan fingerprint density at radius 2 is 1.59 bits per heavy atom. The zero-order valence-corrected chi connectivity index (χ0v) is 13.7. The molecule has 0 fully saturated rings. The maximum absolute atomic E-state index is 12.8. The van der Waals surface area contributed by atoms with Gasteiger partial charge < -0.3 is 0 Å². The second-order valence-electron chi connectivity index (χ2n) is 4.82. The molecule has 0 N–H and O–H groups in total. The number of sulfonamides is 1. The van der Waals surface area contributed by atoms with Gasteiger partial charge in [-0.05, 0) is 31.2 Å². The molecule has 0 saturated carbocycles. The Balaban J connectivity index is 2.45. The second kappa shape index (κ2) is 6.62. The first-order valence-corrected chi connectivity index (χ1v) is 8.23. The molecule has 2 aromatic carbocycles. The van der Waals surface area contributed by atoms with E-state index < -0.39 is 10.0 Å². The van der Waals surface area contributed by atoms with Crippen molar-refractivity contribution in [3.63, 3.8) is 0 Å². The van der Waals surface area contributed by atoms with E-state index >= 15 is 0 Å². The number of benzene rings is 2. The van der Waals surface area contributed by atoms with Gasteiger partial charge >= 0.3 is 0 Å². The molecule has 0 radical (unpaired) electrons. The highest BCUT2D eigenvalue weighted by Crippen LogP contribution is 2.21. The maximum atomic E-state index is 12.8. The number of hydrogen-bond donors (Lipinski definition) is 0. The van der Waals surface area contributed by atoms with Crippen molar-refractivity contribution in [2.75, 3.05) is 19.1 Å². The molecule has 0 unspecified atom stereocenters. The zero-order chi connectivity index (χ0) is 16.2. The normalized spacial score (nSPS) is 11.6. The average molecular weight is 317 g/mol. The van der Waals surface area contributed by atoms with E-state index in [0.717, 1.165) is 15.7 Å². The van der Waals surface area contributed by atoms with Crippen molar-refractivity contribution in [1.29, 1.82) is 0 Å². The molecule has 0 heterocycles. The summed E-state index contributed by atoms with van der Waals surface area (Å²) >= 11 is 0. The van der Waals surface area contributed by atoms with Crippen molar-refractivity contribution >= 4 is 22.0 Å². The van der Waals surface area contributed by atoms with Gasteiger partial charge in [0.25, 0.3) is 10.0 Å². The highest BCUT2D eigenvalue weighted by Gasteiger charge is 2.26. The summed E-state index contributed by atoms with van der Waals surface area (Å²) in [6.07, 6.45) is 1.29. The molecule has 0 atom stereocenters. The highest BCUT2D eigenvalue weighted by atomic mass is 32.2. The lowest BCUT2D eigenvalue weighted by molar-refractivity contribution is 0.520. The fourth-order valence-corrected chi connectivity index (χ4v) is 3.31. The van der Waals surface area contributed by atoms with Crippen LogP contribution in [0.2, 0.25) is 0 Å². The number of aryl methyl sites for hydroxylation is 1. The van der Waals surface area contributed by atoms with Gasteiger partial charge in [0.05, 0.1) is 10.6 Å². The molecule has 2 rings (SSSR count). The first-order chi connectivity index (χ1) is 10.5. The van der Waals surface area contributed by atoms with E-state index in [2.05, 4.69) is 4.99 Å². The minimum absolute atomic E-state index is 0.223. The van der Waals surface area contributed by atoms with Crippen molar-refractivity contribution in [1.82, 2.24) is 4.41 Å². The maximum Gasteiger partial charge on any atom is 0.282 e. The van der Waals surface area contributed by atoms with Gasteiger partial charge in [0.1, 0.15) is 6.34 Å². The van der Waals surface area contributed by atoms with E-state index in [1.54, 1.807) is 36.3 Å². The summed E-state index contributed by atoms with van der Waals surface area (Å²) in [6.45, 7) is 1.91. The molecule has 0 amide bonds. The minimum Gasteiger partial charge on any atom is -0.276 e. The molecular weight excluding hydrogens is 298 g/mol. The van der Waals surface area contributed by atoms with E-state index in [0.29, 0.717) is 0 Å². The topological polar surface area (TPSA) is 53.0 Å². The van der Waals surface area contributed by atoms with Crippen LogP contribution in [0.4, 0.5) is 5.69 Å². The molecule has 2 aromatic rings. The number of nitrogens with zero attached hydrogens (tertiary/aromatic N) is 3. The van der Waals surface area contributed by atoms with Crippen molar-refractivity contribution in [2.45, 2.75) is 11.8 Å². The van der Waals surface area contributed by atoms with Crippen LogP contribution in [-0.2, 0) is 10.0 Å². The molecule has 22 heavy (non-hydrogen) atoms. The molecule has 0 spiro atoms. The Kier molecular flexibility index (Phi) is 4.82. The molecule has 6 heteroatoms. The predicted octanol–water partition coefficient (Wildman–Crippen LogP) is 2.70. The summed E-state index contributed by atoms with van der Waals surface area (Å²) in [6, 6.07) is 16.0. The summed E-state index contributed by atoms with van der Waals surface area (Å²) in [5.74, 6) is 0. The molecule has 5 nitrogen and oxygen atoms in total. The summed E-state index contributed by atoms with van der Waals surface area (Å²) < 4.78 is 26.8. The Hall–Kier alpha value is -2.34. The molecule has 0 aromatic heterocycles. The van der Waals surface area contributed by atoms with Crippen LogP contribution in [0, 0.1) is 6.92 Å². The molecule has 0 aliphatic rings. The summed E-state index contributed by atoms with van der Waals surface area (Å²) in [5.41, 5.74) is 1.75. The molecule has 0 bridgehead atoms. The monoisotopic (exact) mass is 317 g/mol. The fourth-order valence-electron chi connectivity index (χ4n) is 1.98. The first kappa shape index (κ1) is 16.0. The molecule has 0 aliphatic carbocycles. The van der Waals surface area contributed by atoms with Gasteiger partial charge in [-0.3, -0.25) is 10.0 Å². The van der Waals surface area contributed by atoms with Gasteiger partial charge in [-0.15, -0.1) is 0 Å². The largest absolute Gasteiger partial charge is 0.282 e. The fraction of sp³-hybridized carbons (Fsp3) is 0.188. The number of para-hydroxylation sites is 1. The van der Waals surface area contributed by atoms with Gasteiger partial charge in [0, 0.05) is 14.1 Å². The van der Waals surface area contributed by atoms with Gasteiger partial charge in [0.2, 0.25) is 0 Å². The van der Waals surface area contributed by atoms with Crippen LogP contribution in [0.25, 0.3) is 0 Å². The highest BCUT2D eigenvalue weighted by molar-refractivity contribution is 7.89. The Bertz CT molecular complexity index is 741. The van der Waals surface area contributed by atoms with Crippen molar-refractivity contribution in [3.8, 4) is 0 Å². The Labute approximate surface area is 131 Å². The quantitative estimate of drug-likeness (QED) is 0.484. The molecule has 0 saturated heterocycles. The number of aliphatic imine (C=N–C) groups is 1. The third-order valence-corrected chi connectivity index (χ3v) is 4.90. The summed E-state index contributed by atoms with van der Waals surface area (Å²) in [4.78, 5) is 4.09. The SMILES string of the molecule is CN=CN(N(C)c1ccccc1)S(=O)(=O)c1ccc(C)cc1. The lowest BCUT2D eigenvalue weighted by Gasteiger charge is -2.30. The Morgan fingerprint density at radius 3 is 2.14 bits per heavy atom. The predicted molar refractivity (Wildman–Crippen MR) is 89.5 cm³/mol. The van der Waals surface area contributed by atoms with Crippen molar-refractivity contribution in [2.24, 2.45) is 4.99 Å². The standard InChI is InChI=1S/C16H19N3O2S/c1-14-9-11-16(12-10-14)22(20,21)19(13-17-2)18(3)15-7-5-4-6-8-15/h4-13H,1-3H3. The smallest absolute Gasteiger partial charge is 0.276 e. The van der Waals surface area contributed by atoms with E-state index in [-0.39, 0.29) is 4.90 Å². The first-order valence-electron chi connectivity index (χ1n) is 6.79. The van der Waals surface area contributed by atoms with Crippen molar-refractivity contribution in [3.05, 3.63) is 60.2 Å². The van der Waals surface area contributed by atoms with Gasteiger partial charge in [-0.25, -0.2) is 0 Å². The number of rotatable bonds is 5. The van der Waals surface area contributed by atoms with Crippen LogP contribution in [0.1, 0.15) is 5.56 Å². The lowest BCUT2D eigenvalue weighted by Crippen LogP contribution is -2.43.